The van der Waals surface area contributed by atoms with Gasteiger partial charge in [-0.1, -0.05) is 0 Å². The van der Waals surface area contributed by atoms with E-state index in [4.69, 9.17) is 5.26 Å². The summed E-state index contributed by atoms with van der Waals surface area (Å²) in [4.78, 5) is 2.10. The standard InChI is InChI=1S/C8H15N3O2S/c1-10-4-2-5-11(7-6-10)14(12,13)8-3-9/h2,4-8H2,1H3. The van der Waals surface area contributed by atoms with Gasteiger partial charge < -0.3 is 4.90 Å². The van der Waals surface area contributed by atoms with Crippen molar-refractivity contribution in [1.29, 1.82) is 5.26 Å². The number of sulfonamides is 1. The van der Waals surface area contributed by atoms with Crippen LogP contribution in [0.5, 0.6) is 0 Å². The Morgan fingerprint density at radius 3 is 2.64 bits per heavy atom. The van der Waals surface area contributed by atoms with Gasteiger partial charge in [-0.25, -0.2) is 8.42 Å². The number of hydrogen-bond donors (Lipinski definition) is 0. The van der Waals surface area contributed by atoms with E-state index in [1.54, 1.807) is 6.07 Å². The highest BCUT2D eigenvalue weighted by atomic mass is 32.2. The zero-order valence-electron chi connectivity index (χ0n) is 8.31. The number of nitriles is 1. The SMILES string of the molecule is CN1CCCN(S(=O)(=O)CC#N)CC1. The van der Waals surface area contributed by atoms with Crippen LogP contribution in [-0.4, -0.2) is 56.6 Å². The van der Waals surface area contributed by atoms with E-state index in [1.807, 2.05) is 7.05 Å². The van der Waals surface area contributed by atoms with Crippen molar-refractivity contribution in [1.82, 2.24) is 9.21 Å². The molecule has 80 valence electrons. The van der Waals surface area contributed by atoms with E-state index in [0.717, 1.165) is 19.5 Å². The van der Waals surface area contributed by atoms with Crippen LogP contribution < -0.4 is 0 Å². The van der Waals surface area contributed by atoms with Crippen molar-refractivity contribution in [2.24, 2.45) is 0 Å². The summed E-state index contributed by atoms with van der Waals surface area (Å²) in [5.41, 5.74) is 0. The molecule has 14 heavy (non-hydrogen) atoms. The minimum absolute atomic E-state index is 0.406. The van der Waals surface area contributed by atoms with Crippen LogP contribution in [0.2, 0.25) is 0 Å². The number of likely N-dealkylation sites (N-methyl/N-ethyl adjacent to an activating group) is 1. The maximum atomic E-state index is 11.5. The van der Waals surface area contributed by atoms with Gasteiger partial charge in [-0.3, -0.25) is 0 Å². The fourth-order valence-electron chi connectivity index (χ4n) is 1.47. The number of nitrogens with zero attached hydrogens (tertiary/aromatic N) is 3. The average molecular weight is 217 g/mol. The monoisotopic (exact) mass is 217 g/mol. The first-order chi connectivity index (χ1) is 6.56. The molecule has 0 radical (unpaired) electrons. The molecular weight excluding hydrogens is 202 g/mol. The maximum absolute atomic E-state index is 11.5. The minimum atomic E-state index is -3.33. The fraction of sp³-hybridized carbons (Fsp3) is 0.875. The molecule has 0 atom stereocenters. The highest BCUT2D eigenvalue weighted by molar-refractivity contribution is 7.89. The van der Waals surface area contributed by atoms with E-state index < -0.39 is 15.8 Å². The van der Waals surface area contributed by atoms with Crippen LogP contribution in [-0.2, 0) is 10.0 Å². The third-order valence-corrected chi connectivity index (χ3v) is 3.96. The summed E-state index contributed by atoms with van der Waals surface area (Å²) in [5.74, 6) is -0.406. The molecule has 0 aromatic rings. The number of rotatable bonds is 2. The molecule has 0 spiro atoms. The van der Waals surface area contributed by atoms with Gasteiger partial charge in [-0.05, 0) is 20.0 Å². The molecule has 0 amide bonds. The van der Waals surface area contributed by atoms with Crippen LogP contribution >= 0.6 is 0 Å². The molecule has 0 bridgehead atoms. The van der Waals surface area contributed by atoms with E-state index >= 15 is 0 Å². The Morgan fingerprint density at radius 1 is 1.29 bits per heavy atom. The lowest BCUT2D eigenvalue weighted by Crippen LogP contribution is -2.35. The fourth-order valence-corrected chi connectivity index (χ4v) is 2.59. The predicted molar refractivity (Wildman–Crippen MR) is 53.1 cm³/mol. The molecule has 1 saturated heterocycles. The Hall–Kier alpha value is -0.640. The second-order valence-corrected chi connectivity index (χ2v) is 5.44. The lowest BCUT2D eigenvalue weighted by atomic mass is 10.4. The quantitative estimate of drug-likeness (QED) is 0.624. The van der Waals surface area contributed by atoms with Crippen molar-refractivity contribution in [3.8, 4) is 6.07 Å². The van der Waals surface area contributed by atoms with Gasteiger partial charge in [-0.15, -0.1) is 0 Å². The first-order valence-corrected chi connectivity index (χ1v) is 6.20. The molecule has 1 rings (SSSR count). The van der Waals surface area contributed by atoms with Gasteiger partial charge in [0.05, 0.1) is 6.07 Å². The Morgan fingerprint density at radius 2 is 2.00 bits per heavy atom. The predicted octanol–water partition coefficient (Wildman–Crippen LogP) is -0.523. The summed E-state index contributed by atoms with van der Waals surface area (Å²) >= 11 is 0. The molecule has 1 aliphatic heterocycles. The summed E-state index contributed by atoms with van der Waals surface area (Å²) in [7, 11) is -1.36. The van der Waals surface area contributed by atoms with Crippen molar-refractivity contribution >= 4 is 10.0 Å². The van der Waals surface area contributed by atoms with Gasteiger partial charge >= 0.3 is 0 Å². The molecule has 0 unspecified atom stereocenters. The zero-order valence-corrected chi connectivity index (χ0v) is 9.13. The van der Waals surface area contributed by atoms with Gasteiger partial charge in [0.2, 0.25) is 10.0 Å². The molecule has 0 aliphatic carbocycles. The second-order valence-electron chi connectivity index (χ2n) is 3.47. The van der Waals surface area contributed by atoms with E-state index in [-0.39, 0.29) is 0 Å². The van der Waals surface area contributed by atoms with Gasteiger partial charge in [-0.2, -0.15) is 9.57 Å². The average Bonchev–Trinajstić information content (AvgIpc) is 2.30. The van der Waals surface area contributed by atoms with Crippen LogP contribution in [0.4, 0.5) is 0 Å². The lowest BCUT2D eigenvalue weighted by molar-refractivity contribution is 0.347. The van der Waals surface area contributed by atoms with Crippen LogP contribution in [0, 0.1) is 11.3 Å². The molecular formula is C8H15N3O2S. The third kappa shape index (κ3) is 2.94. The lowest BCUT2D eigenvalue weighted by Gasteiger charge is -2.18. The largest absolute Gasteiger partial charge is 0.305 e. The van der Waals surface area contributed by atoms with E-state index in [0.29, 0.717) is 13.1 Å². The molecule has 1 heterocycles. The second kappa shape index (κ2) is 4.73. The van der Waals surface area contributed by atoms with Crippen molar-refractivity contribution in [3.63, 3.8) is 0 Å². The van der Waals surface area contributed by atoms with Gasteiger partial charge in [0.1, 0.15) is 0 Å². The summed E-state index contributed by atoms with van der Waals surface area (Å²) < 4.78 is 24.5. The van der Waals surface area contributed by atoms with Crippen molar-refractivity contribution < 1.29 is 8.42 Å². The number of hydrogen-bond acceptors (Lipinski definition) is 4. The molecule has 0 aromatic carbocycles. The minimum Gasteiger partial charge on any atom is -0.305 e. The Balaban J connectivity index is 2.65. The highest BCUT2D eigenvalue weighted by Gasteiger charge is 2.23. The van der Waals surface area contributed by atoms with E-state index in [9.17, 15) is 8.42 Å². The molecule has 6 heteroatoms. The Bertz CT molecular complexity index is 320. The highest BCUT2D eigenvalue weighted by Crippen LogP contribution is 2.06. The zero-order chi connectivity index (χ0) is 10.6. The smallest absolute Gasteiger partial charge is 0.227 e. The Labute approximate surface area is 85.0 Å². The molecule has 0 saturated carbocycles. The molecule has 5 nitrogen and oxygen atoms in total. The molecule has 0 aromatic heterocycles. The Kier molecular flexibility index (Phi) is 3.86. The normalized spacial score (nSPS) is 21.4. The first-order valence-electron chi connectivity index (χ1n) is 4.59. The maximum Gasteiger partial charge on any atom is 0.227 e. The van der Waals surface area contributed by atoms with Crippen molar-refractivity contribution in [2.75, 3.05) is 39.0 Å². The first kappa shape index (κ1) is 11.4. The van der Waals surface area contributed by atoms with Crippen LogP contribution in [0.3, 0.4) is 0 Å². The van der Waals surface area contributed by atoms with Crippen LogP contribution in [0.25, 0.3) is 0 Å². The molecule has 1 fully saturated rings. The van der Waals surface area contributed by atoms with Crippen LogP contribution in [0.1, 0.15) is 6.42 Å². The third-order valence-electron chi connectivity index (χ3n) is 2.32. The topological polar surface area (TPSA) is 64.4 Å². The summed E-state index contributed by atoms with van der Waals surface area (Å²) in [6.07, 6.45) is 0.834. The van der Waals surface area contributed by atoms with Gasteiger partial charge in [0, 0.05) is 19.6 Å². The van der Waals surface area contributed by atoms with E-state index in [1.165, 1.54) is 4.31 Å². The summed E-state index contributed by atoms with van der Waals surface area (Å²) in [5, 5.41) is 8.39. The van der Waals surface area contributed by atoms with Crippen molar-refractivity contribution in [2.45, 2.75) is 6.42 Å². The molecule has 1 aliphatic rings. The summed E-state index contributed by atoms with van der Waals surface area (Å²) in [6.45, 7) is 2.69. The molecule has 0 N–H and O–H groups in total. The van der Waals surface area contributed by atoms with Gasteiger partial charge in [0.15, 0.2) is 5.75 Å². The van der Waals surface area contributed by atoms with Gasteiger partial charge in [0.25, 0.3) is 0 Å². The van der Waals surface area contributed by atoms with E-state index in [2.05, 4.69) is 4.90 Å². The van der Waals surface area contributed by atoms with Crippen LogP contribution in [0.15, 0.2) is 0 Å². The summed E-state index contributed by atoms with van der Waals surface area (Å²) in [6, 6.07) is 1.69. The van der Waals surface area contributed by atoms with Crippen molar-refractivity contribution in [3.05, 3.63) is 0 Å².